The Morgan fingerprint density at radius 3 is 2.83 bits per heavy atom. The molecule has 0 saturated carbocycles. The molecule has 4 nitrogen and oxygen atoms in total. The number of hydrogen-bond acceptors (Lipinski definition) is 3. The summed E-state index contributed by atoms with van der Waals surface area (Å²) >= 11 is 6.07. The van der Waals surface area contributed by atoms with Crippen LogP contribution in [0, 0.1) is 6.92 Å². The maximum absolute atomic E-state index is 11.5. The molecule has 0 heterocycles. The Labute approximate surface area is 112 Å². The second-order valence-corrected chi connectivity index (χ2v) is 4.30. The summed E-state index contributed by atoms with van der Waals surface area (Å²) in [6.07, 6.45) is 0.248. The van der Waals surface area contributed by atoms with Gasteiger partial charge in [0.05, 0.1) is 24.7 Å². The van der Waals surface area contributed by atoms with E-state index in [9.17, 15) is 4.79 Å². The third-order valence-electron chi connectivity index (χ3n) is 2.48. The van der Waals surface area contributed by atoms with Crippen molar-refractivity contribution in [1.82, 2.24) is 5.32 Å². The fourth-order valence-electron chi connectivity index (χ4n) is 1.58. The van der Waals surface area contributed by atoms with E-state index in [1.54, 1.807) is 6.07 Å². The second kappa shape index (κ2) is 7.24. The number of halogens is 1. The van der Waals surface area contributed by atoms with Crippen molar-refractivity contribution < 1.29 is 14.6 Å². The molecule has 1 amide bonds. The monoisotopic (exact) mass is 271 g/mol. The van der Waals surface area contributed by atoms with Gasteiger partial charge in [0.1, 0.15) is 5.75 Å². The standard InChI is InChI=1S/C13H18ClNO3/c1-3-18-12-6-9(2)10(7-11(12)14)8-13(17)15-4-5-16/h6-7,16H,3-5,8H2,1-2H3,(H,15,17). The SMILES string of the molecule is CCOc1cc(C)c(CC(=O)NCCO)cc1Cl. The first-order valence-electron chi connectivity index (χ1n) is 5.87. The van der Waals surface area contributed by atoms with E-state index in [0.29, 0.717) is 17.4 Å². The number of aliphatic hydroxyl groups is 1. The van der Waals surface area contributed by atoms with Gasteiger partial charge < -0.3 is 15.2 Å². The quantitative estimate of drug-likeness (QED) is 0.828. The molecule has 1 aromatic rings. The summed E-state index contributed by atoms with van der Waals surface area (Å²) in [4.78, 5) is 11.5. The van der Waals surface area contributed by atoms with Gasteiger partial charge in [-0.3, -0.25) is 4.79 Å². The van der Waals surface area contributed by atoms with Crippen LogP contribution < -0.4 is 10.1 Å². The Morgan fingerprint density at radius 2 is 2.22 bits per heavy atom. The Kier molecular flexibility index (Phi) is 5.95. The van der Waals surface area contributed by atoms with Crippen LogP contribution in [0.2, 0.25) is 5.02 Å². The molecule has 0 aliphatic rings. The highest BCUT2D eigenvalue weighted by Gasteiger charge is 2.10. The van der Waals surface area contributed by atoms with Crippen molar-refractivity contribution in [3.63, 3.8) is 0 Å². The number of aryl methyl sites for hydroxylation is 1. The number of ether oxygens (including phenoxy) is 1. The highest BCUT2D eigenvalue weighted by atomic mass is 35.5. The maximum Gasteiger partial charge on any atom is 0.224 e. The smallest absolute Gasteiger partial charge is 0.224 e. The van der Waals surface area contributed by atoms with Crippen molar-refractivity contribution >= 4 is 17.5 Å². The third kappa shape index (κ3) is 4.20. The van der Waals surface area contributed by atoms with Gasteiger partial charge in [-0.25, -0.2) is 0 Å². The maximum atomic E-state index is 11.5. The van der Waals surface area contributed by atoms with Crippen molar-refractivity contribution in [1.29, 1.82) is 0 Å². The van der Waals surface area contributed by atoms with Gasteiger partial charge in [0.15, 0.2) is 0 Å². The zero-order chi connectivity index (χ0) is 13.5. The van der Waals surface area contributed by atoms with Crippen LogP contribution in [0.25, 0.3) is 0 Å². The summed E-state index contributed by atoms with van der Waals surface area (Å²) in [5, 5.41) is 11.7. The molecule has 5 heteroatoms. The zero-order valence-corrected chi connectivity index (χ0v) is 11.4. The van der Waals surface area contributed by atoms with E-state index in [1.165, 1.54) is 0 Å². The van der Waals surface area contributed by atoms with Crippen LogP contribution in [0.5, 0.6) is 5.75 Å². The van der Waals surface area contributed by atoms with Gasteiger partial charge in [-0.1, -0.05) is 11.6 Å². The van der Waals surface area contributed by atoms with Gasteiger partial charge in [0.2, 0.25) is 5.91 Å². The molecule has 0 aliphatic heterocycles. The summed E-state index contributed by atoms with van der Waals surface area (Å²) in [5.41, 5.74) is 1.82. The van der Waals surface area contributed by atoms with Crippen molar-refractivity contribution in [2.75, 3.05) is 19.8 Å². The molecule has 0 unspecified atom stereocenters. The minimum Gasteiger partial charge on any atom is -0.492 e. The van der Waals surface area contributed by atoms with Gasteiger partial charge in [0.25, 0.3) is 0 Å². The molecule has 0 aromatic heterocycles. The van der Waals surface area contributed by atoms with E-state index in [2.05, 4.69) is 5.32 Å². The van der Waals surface area contributed by atoms with E-state index >= 15 is 0 Å². The van der Waals surface area contributed by atoms with Crippen molar-refractivity contribution in [2.45, 2.75) is 20.3 Å². The number of nitrogens with one attached hydrogen (secondary N) is 1. The van der Waals surface area contributed by atoms with E-state index in [1.807, 2.05) is 19.9 Å². The van der Waals surface area contributed by atoms with Gasteiger partial charge in [-0.05, 0) is 37.1 Å². The van der Waals surface area contributed by atoms with Gasteiger partial charge in [-0.15, -0.1) is 0 Å². The summed E-state index contributed by atoms with van der Waals surface area (Å²) in [7, 11) is 0. The molecule has 1 aromatic carbocycles. The van der Waals surface area contributed by atoms with E-state index in [-0.39, 0.29) is 25.5 Å². The molecule has 0 bridgehead atoms. The predicted molar refractivity (Wildman–Crippen MR) is 71.2 cm³/mol. The molecule has 0 saturated heterocycles. The average molecular weight is 272 g/mol. The van der Waals surface area contributed by atoms with Crippen LogP contribution in [0.1, 0.15) is 18.1 Å². The third-order valence-corrected chi connectivity index (χ3v) is 2.77. The van der Waals surface area contributed by atoms with Gasteiger partial charge in [-0.2, -0.15) is 0 Å². The summed E-state index contributed by atoms with van der Waals surface area (Å²) < 4.78 is 5.38. The number of carbonyl (C=O) groups is 1. The van der Waals surface area contributed by atoms with Crippen LogP contribution in [0.3, 0.4) is 0 Å². The highest BCUT2D eigenvalue weighted by Crippen LogP contribution is 2.28. The Bertz CT molecular complexity index is 421. The van der Waals surface area contributed by atoms with Crippen LogP contribution in [-0.4, -0.2) is 30.8 Å². The summed E-state index contributed by atoms with van der Waals surface area (Å²) in [6.45, 7) is 4.56. The Balaban J connectivity index is 2.78. The first-order chi connectivity index (χ1) is 8.58. The van der Waals surface area contributed by atoms with E-state index < -0.39 is 0 Å². The lowest BCUT2D eigenvalue weighted by molar-refractivity contribution is -0.120. The van der Waals surface area contributed by atoms with E-state index in [0.717, 1.165) is 11.1 Å². The minimum atomic E-state index is -0.132. The molecular weight excluding hydrogens is 254 g/mol. The molecule has 0 aliphatic carbocycles. The molecular formula is C13H18ClNO3. The number of aliphatic hydroxyl groups excluding tert-OH is 1. The van der Waals surface area contributed by atoms with Gasteiger partial charge >= 0.3 is 0 Å². The molecule has 0 spiro atoms. The lowest BCUT2D eigenvalue weighted by atomic mass is 10.0. The lowest BCUT2D eigenvalue weighted by Crippen LogP contribution is -2.28. The topological polar surface area (TPSA) is 58.6 Å². The van der Waals surface area contributed by atoms with Crippen LogP contribution >= 0.6 is 11.6 Å². The molecule has 2 N–H and O–H groups in total. The molecule has 0 radical (unpaired) electrons. The first kappa shape index (κ1) is 14.8. The summed E-state index contributed by atoms with van der Waals surface area (Å²) in [6, 6.07) is 3.58. The molecule has 0 atom stereocenters. The normalized spacial score (nSPS) is 10.2. The Morgan fingerprint density at radius 1 is 1.50 bits per heavy atom. The van der Waals surface area contributed by atoms with Crippen LogP contribution in [-0.2, 0) is 11.2 Å². The average Bonchev–Trinajstić information content (AvgIpc) is 2.33. The number of benzene rings is 1. The number of hydrogen-bond donors (Lipinski definition) is 2. The highest BCUT2D eigenvalue weighted by molar-refractivity contribution is 6.32. The van der Waals surface area contributed by atoms with Crippen molar-refractivity contribution in [3.8, 4) is 5.75 Å². The second-order valence-electron chi connectivity index (χ2n) is 3.89. The van der Waals surface area contributed by atoms with Crippen molar-refractivity contribution in [2.24, 2.45) is 0 Å². The largest absolute Gasteiger partial charge is 0.492 e. The van der Waals surface area contributed by atoms with E-state index in [4.69, 9.17) is 21.4 Å². The molecule has 1 rings (SSSR count). The number of carbonyl (C=O) groups excluding carboxylic acids is 1. The number of rotatable bonds is 6. The molecule has 0 fully saturated rings. The fraction of sp³-hybridized carbons (Fsp3) is 0.462. The predicted octanol–water partition coefficient (Wildman–Crippen LogP) is 1.70. The van der Waals surface area contributed by atoms with Crippen LogP contribution in [0.4, 0.5) is 0 Å². The van der Waals surface area contributed by atoms with Gasteiger partial charge in [0, 0.05) is 6.54 Å². The lowest BCUT2D eigenvalue weighted by Gasteiger charge is -2.11. The number of amides is 1. The van der Waals surface area contributed by atoms with Crippen LogP contribution in [0.15, 0.2) is 12.1 Å². The molecule has 18 heavy (non-hydrogen) atoms. The minimum absolute atomic E-state index is 0.0608. The van der Waals surface area contributed by atoms with Crippen molar-refractivity contribution in [3.05, 3.63) is 28.3 Å². The first-order valence-corrected chi connectivity index (χ1v) is 6.25. The zero-order valence-electron chi connectivity index (χ0n) is 10.6. The fourth-order valence-corrected chi connectivity index (χ4v) is 1.82. The Hall–Kier alpha value is -1.26. The summed E-state index contributed by atoms with van der Waals surface area (Å²) in [5.74, 6) is 0.503. The molecule has 100 valence electrons.